The Morgan fingerprint density at radius 3 is 2.47 bits per heavy atom. The highest BCUT2D eigenvalue weighted by atomic mass is 19.1. The average molecular weight is 699 g/mol. The van der Waals surface area contributed by atoms with Crippen molar-refractivity contribution >= 4 is 34.6 Å². The van der Waals surface area contributed by atoms with Crippen LogP contribution in [0.1, 0.15) is 67.3 Å². The van der Waals surface area contributed by atoms with Crippen molar-refractivity contribution in [1.29, 1.82) is 0 Å². The number of imidazole rings is 1. The maximum atomic E-state index is 14.4. The molecule has 1 aliphatic carbocycles. The second-order valence-electron chi connectivity index (χ2n) is 13.6. The van der Waals surface area contributed by atoms with Gasteiger partial charge in [0.15, 0.2) is 5.65 Å². The molecular formula is C36H39FN8O6. The van der Waals surface area contributed by atoms with Crippen LogP contribution in [0, 0.1) is 11.7 Å². The summed E-state index contributed by atoms with van der Waals surface area (Å²) >= 11 is 0. The van der Waals surface area contributed by atoms with Crippen LogP contribution in [0.5, 0.6) is 0 Å². The topological polar surface area (TPSA) is 171 Å². The normalized spacial score (nSPS) is 16.2. The molecule has 15 heteroatoms. The van der Waals surface area contributed by atoms with Crippen LogP contribution >= 0.6 is 0 Å². The van der Waals surface area contributed by atoms with Crippen LogP contribution in [0.2, 0.25) is 0 Å². The zero-order chi connectivity index (χ0) is 36.3. The van der Waals surface area contributed by atoms with E-state index in [4.69, 9.17) is 4.74 Å². The molecule has 6 rings (SSSR count). The molecule has 4 heterocycles. The Morgan fingerprint density at radius 1 is 0.961 bits per heavy atom. The van der Waals surface area contributed by atoms with Crippen molar-refractivity contribution in [3.8, 4) is 5.69 Å². The Bertz CT molecular complexity index is 2200. The Kier molecular flexibility index (Phi) is 9.98. The smallest absolute Gasteiger partial charge is 0.407 e. The highest BCUT2D eigenvalue weighted by Crippen LogP contribution is 2.26. The Balaban J connectivity index is 1.16. The lowest BCUT2D eigenvalue weighted by molar-refractivity contribution is 0.0526. The van der Waals surface area contributed by atoms with Gasteiger partial charge in [-0.25, -0.2) is 28.5 Å². The third-order valence-electron chi connectivity index (χ3n) is 8.61. The minimum atomic E-state index is -0.730. The van der Waals surface area contributed by atoms with Gasteiger partial charge >= 0.3 is 11.8 Å². The number of carbonyl (C=O) groups excluding carboxylic acids is 3. The van der Waals surface area contributed by atoms with E-state index in [9.17, 15) is 28.4 Å². The van der Waals surface area contributed by atoms with Crippen molar-refractivity contribution in [2.45, 2.75) is 64.6 Å². The average Bonchev–Trinajstić information content (AvgIpc) is 3.54. The lowest BCUT2D eigenvalue weighted by Gasteiger charge is -2.29. The van der Waals surface area contributed by atoms with E-state index in [1.54, 1.807) is 49.6 Å². The van der Waals surface area contributed by atoms with Gasteiger partial charge in [-0.1, -0.05) is 12.1 Å². The van der Waals surface area contributed by atoms with Gasteiger partial charge in [-0.05, 0) is 88.8 Å². The predicted octanol–water partition coefficient (Wildman–Crippen LogP) is 3.58. The van der Waals surface area contributed by atoms with Crippen LogP contribution in [-0.4, -0.2) is 66.1 Å². The van der Waals surface area contributed by atoms with Gasteiger partial charge in [-0.3, -0.25) is 19.0 Å². The van der Waals surface area contributed by atoms with Gasteiger partial charge in [0, 0.05) is 43.6 Å². The molecule has 5 aromatic rings. The van der Waals surface area contributed by atoms with Crippen LogP contribution in [0.4, 0.5) is 9.18 Å². The largest absolute Gasteiger partial charge is 0.444 e. The number of alkyl carbamates (subject to hydrolysis) is 1. The molecule has 3 N–H and O–H groups in total. The van der Waals surface area contributed by atoms with E-state index in [-0.39, 0.29) is 59.8 Å². The minimum absolute atomic E-state index is 0.0415. The third kappa shape index (κ3) is 8.14. The van der Waals surface area contributed by atoms with E-state index in [0.717, 1.165) is 16.8 Å². The molecular weight excluding hydrogens is 659 g/mol. The van der Waals surface area contributed by atoms with Crippen LogP contribution in [0.15, 0.2) is 76.7 Å². The van der Waals surface area contributed by atoms with Crippen molar-refractivity contribution in [2.24, 2.45) is 5.92 Å². The standard InChI is InChI=1S/C36H39FN8O6/c1-36(2,3)51-34(49)39-15-14-38-31(46)23-7-6-8-26(17-23)45-30-27(18-24(37)19-40-30)33(48)44(35(45)50)20-22-10-12-25(13-11-22)41-32(47)28-21-43-16-5-4-9-29(43)42-28/h4-9,16-19,21-22,25H,10-15,20H2,1-3H3,(H,38,46)(H,39,49)(H,41,47). The second-order valence-corrected chi connectivity index (χ2v) is 13.6. The summed E-state index contributed by atoms with van der Waals surface area (Å²) in [6.07, 6.45) is 6.38. The summed E-state index contributed by atoms with van der Waals surface area (Å²) in [5, 5.41) is 8.25. The van der Waals surface area contributed by atoms with Crippen molar-refractivity contribution in [2.75, 3.05) is 13.1 Å². The first-order valence-electron chi connectivity index (χ1n) is 16.8. The molecule has 266 valence electrons. The van der Waals surface area contributed by atoms with Gasteiger partial charge in [0.2, 0.25) is 0 Å². The quantitative estimate of drug-likeness (QED) is 0.196. The van der Waals surface area contributed by atoms with Gasteiger partial charge in [-0.15, -0.1) is 0 Å². The van der Waals surface area contributed by atoms with E-state index in [1.165, 1.54) is 10.6 Å². The molecule has 51 heavy (non-hydrogen) atoms. The Morgan fingerprint density at radius 2 is 1.73 bits per heavy atom. The number of aromatic nitrogens is 5. The number of amides is 3. The summed E-state index contributed by atoms with van der Waals surface area (Å²) in [5.41, 5.74) is -0.559. The number of carbonyl (C=O) groups is 3. The molecule has 3 amide bonds. The minimum Gasteiger partial charge on any atom is -0.444 e. The number of halogens is 1. The number of nitrogens with one attached hydrogen (secondary N) is 3. The van der Waals surface area contributed by atoms with E-state index in [0.29, 0.717) is 37.0 Å². The lowest BCUT2D eigenvalue weighted by Crippen LogP contribution is -2.43. The SMILES string of the molecule is CC(C)(C)OC(=O)NCCNC(=O)c1cccc(-n2c(=O)n(CC3CCC(NC(=O)c4cn5ccccc5n4)CC3)c(=O)c3cc(F)cnc32)c1. The van der Waals surface area contributed by atoms with Crippen molar-refractivity contribution in [1.82, 2.24) is 39.5 Å². The molecule has 0 unspecified atom stereocenters. The first-order chi connectivity index (χ1) is 24.4. The molecule has 1 aromatic carbocycles. The van der Waals surface area contributed by atoms with E-state index in [2.05, 4.69) is 25.9 Å². The monoisotopic (exact) mass is 698 g/mol. The fourth-order valence-corrected chi connectivity index (χ4v) is 6.20. The van der Waals surface area contributed by atoms with Crippen molar-refractivity contribution < 1.29 is 23.5 Å². The number of fused-ring (bicyclic) bond motifs is 2. The number of hydrogen-bond acceptors (Lipinski definition) is 8. The molecule has 0 bridgehead atoms. The summed E-state index contributed by atoms with van der Waals surface area (Å²) in [6, 6.07) is 12.7. The molecule has 0 aliphatic heterocycles. The first kappa shape index (κ1) is 35.0. The maximum absolute atomic E-state index is 14.4. The number of hydrogen-bond donors (Lipinski definition) is 3. The van der Waals surface area contributed by atoms with Crippen LogP contribution in [0.25, 0.3) is 22.4 Å². The fourth-order valence-electron chi connectivity index (χ4n) is 6.20. The van der Waals surface area contributed by atoms with Crippen molar-refractivity contribution in [3.05, 3.63) is 105 Å². The fraction of sp³-hybridized carbons (Fsp3) is 0.361. The van der Waals surface area contributed by atoms with Gasteiger partial charge in [0.1, 0.15) is 22.8 Å². The molecule has 14 nitrogen and oxygen atoms in total. The summed E-state index contributed by atoms with van der Waals surface area (Å²) in [6.45, 7) is 5.56. The number of nitrogens with zero attached hydrogens (tertiary/aromatic N) is 5. The molecule has 0 radical (unpaired) electrons. The van der Waals surface area contributed by atoms with Crippen LogP contribution in [0.3, 0.4) is 0 Å². The number of benzene rings is 1. The van der Waals surface area contributed by atoms with E-state index >= 15 is 0 Å². The van der Waals surface area contributed by atoms with Gasteiger partial charge < -0.3 is 25.1 Å². The first-order valence-corrected chi connectivity index (χ1v) is 16.8. The van der Waals surface area contributed by atoms with E-state index in [1.807, 2.05) is 24.4 Å². The van der Waals surface area contributed by atoms with E-state index < -0.39 is 34.7 Å². The summed E-state index contributed by atoms with van der Waals surface area (Å²) < 4.78 is 23.7. The highest BCUT2D eigenvalue weighted by molar-refractivity contribution is 5.95. The molecule has 0 spiro atoms. The molecule has 0 atom stereocenters. The molecule has 1 aliphatic rings. The maximum Gasteiger partial charge on any atom is 0.407 e. The molecule has 1 fully saturated rings. The number of pyridine rings is 2. The zero-order valence-corrected chi connectivity index (χ0v) is 28.5. The zero-order valence-electron chi connectivity index (χ0n) is 28.5. The molecule has 1 saturated carbocycles. The van der Waals surface area contributed by atoms with Crippen LogP contribution < -0.4 is 27.2 Å². The highest BCUT2D eigenvalue weighted by Gasteiger charge is 2.26. The molecule has 4 aromatic heterocycles. The Labute approximate surface area is 291 Å². The van der Waals surface area contributed by atoms with Gasteiger partial charge in [-0.2, -0.15) is 0 Å². The Hall–Kier alpha value is -5.86. The number of ether oxygens (including phenoxy) is 1. The van der Waals surface area contributed by atoms with Gasteiger partial charge in [0.05, 0.1) is 17.3 Å². The summed E-state index contributed by atoms with van der Waals surface area (Å²) in [4.78, 5) is 73.9. The van der Waals surface area contributed by atoms with Gasteiger partial charge in [0.25, 0.3) is 17.4 Å². The molecule has 0 saturated heterocycles. The third-order valence-corrected chi connectivity index (χ3v) is 8.61. The number of rotatable bonds is 9. The lowest BCUT2D eigenvalue weighted by atomic mass is 9.86. The summed E-state index contributed by atoms with van der Waals surface area (Å²) in [5.74, 6) is -1.51. The van der Waals surface area contributed by atoms with Crippen molar-refractivity contribution in [3.63, 3.8) is 0 Å². The predicted molar refractivity (Wildman–Crippen MR) is 187 cm³/mol. The second kappa shape index (κ2) is 14.5. The summed E-state index contributed by atoms with van der Waals surface area (Å²) in [7, 11) is 0. The van der Waals surface area contributed by atoms with Crippen LogP contribution in [-0.2, 0) is 11.3 Å².